The number of aryl methyl sites for hydroxylation is 3. The van der Waals surface area contributed by atoms with E-state index in [9.17, 15) is 4.79 Å². The molecule has 1 aliphatic rings. The molecule has 0 saturated carbocycles. The molecule has 0 saturated heterocycles. The summed E-state index contributed by atoms with van der Waals surface area (Å²) in [7, 11) is 4.09. The third kappa shape index (κ3) is 5.05. The monoisotopic (exact) mass is 352 g/mol. The SMILES string of the molecule is Cc1cc(CN(C)C)cc(NC(=O)CCc2ccc3c(n2)NCCC3)c1. The van der Waals surface area contributed by atoms with E-state index in [4.69, 9.17) is 0 Å². The van der Waals surface area contributed by atoms with Crippen LogP contribution in [0.1, 0.15) is 35.2 Å². The number of benzene rings is 1. The number of carbonyl (C=O) groups is 1. The summed E-state index contributed by atoms with van der Waals surface area (Å²) in [6, 6.07) is 10.4. The molecule has 2 N–H and O–H groups in total. The number of carbonyl (C=O) groups excluding carboxylic acids is 1. The first-order chi connectivity index (χ1) is 12.5. The minimum atomic E-state index is 0.0267. The van der Waals surface area contributed by atoms with Crippen LogP contribution in [-0.2, 0) is 24.2 Å². The van der Waals surface area contributed by atoms with Gasteiger partial charge in [0, 0.05) is 30.9 Å². The molecule has 0 bridgehead atoms. The number of hydrogen-bond donors (Lipinski definition) is 2. The summed E-state index contributed by atoms with van der Waals surface area (Å²) in [6.45, 7) is 3.89. The zero-order valence-electron chi connectivity index (χ0n) is 15.9. The quantitative estimate of drug-likeness (QED) is 0.837. The average Bonchev–Trinajstić information content (AvgIpc) is 2.58. The van der Waals surface area contributed by atoms with Crippen molar-refractivity contribution in [3.05, 3.63) is 52.7 Å². The van der Waals surface area contributed by atoms with Crippen LogP contribution >= 0.6 is 0 Å². The highest BCUT2D eigenvalue weighted by Gasteiger charge is 2.11. The number of fused-ring (bicyclic) bond motifs is 1. The minimum absolute atomic E-state index is 0.0267. The van der Waals surface area contributed by atoms with Gasteiger partial charge in [-0.1, -0.05) is 12.1 Å². The standard InChI is InChI=1S/C21H28N4O/c1-15-11-16(14-25(2)3)13-19(12-15)23-20(26)9-8-18-7-6-17-5-4-10-22-21(17)24-18/h6-7,11-13H,4-5,8-10,14H2,1-3H3,(H,22,24)(H,23,26). The van der Waals surface area contributed by atoms with Gasteiger partial charge in [0.25, 0.3) is 0 Å². The van der Waals surface area contributed by atoms with Crippen molar-refractivity contribution < 1.29 is 4.79 Å². The van der Waals surface area contributed by atoms with E-state index in [1.165, 1.54) is 11.1 Å². The Bertz CT molecular complexity index is 786. The number of nitrogens with one attached hydrogen (secondary N) is 2. The van der Waals surface area contributed by atoms with Crippen LogP contribution < -0.4 is 10.6 Å². The van der Waals surface area contributed by atoms with Crippen molar-refractivity contribution >= 4 is 17.4 Å². The van der Waals surface area contributed by atoms with E-state index in [0.29, 0.717) is 12.8 Å². The Morgan fingerprint density at radius 1 is 1.27 bits per heavy atom. The second-order valence-corrected chi connectivity index (χ2v) is 7.33. The molecule has 3 rings (SSSR count). The van der Waals surface area contributed by atoms with Crippen molar-refractivity contribution in [2.45, 2.75) is 39.2 Å². The Balaban J connectivity index is 1.58. The molecule has 1 amide bonds. The van der Waals surface area contributed by atoms with Gasteiger partial charge in [0.1, 0.15) is 5.82 Å². The molecule has 2 aromatic rings. The van der Waals surface area contributed by atoms with Crippen LogP contribution in [0.2, 0.25) is 0 Å². The van der Waals surface area contributed by atoms with Gasteiger partial charge in [-0.15, -0.1) is 0 Å². The maximum atomic E-state index is 12.4. The smallest absolute Gasteiger partial charge is 0.224 e. The summed E-state index contributed by atoms with van der Waals surface area (Å²) in [5.74, 6) is 1.01. The number of hydrogen-bond acceptors (Lipinski definition) is 4. The fourth-order valence-corrected chi connectivity index (χ4v) is 3.36. The number of amides is 1. The van der Waals surface area contributed by atoms with Gasteiger partial charge in [-0.05, 0) is 75.2 Å². The molecular weight excluding hydrogens is 324 g/mol. The third-order valence-corrected chi connectivity index (χ3v) is 4.48. The van der Waals surface area contributed by atoms with Crippen LogP contribution in [0.25, 0.3) is 0 Å². The molecule has 0 atom stereocenters. The maximum Gasteiger partial charge on any atom is 0.224 e. The van der Waals surface area contributed by atoms with E-state index >= 15 is 0 Å². The molecule has 0 aliphatic carbocycles. The first-order valence-corrected chi connectivity index (χ1v) is 9.27. The Kier molecular flexibility index (Phi) is 5.89. The number of rotatable bonds is 6. The van der Waals surface area contributed by atoms with Gasteiger partial charge in [0.05, 0.1) is 0 Å². The third-order valence-electron chi connectivity index (χ3n) is 4.48. The average molecular weight is 352 g/mol. The van der Waals surface area contributed by atoms with E-state index in [-0.39, 0.29) is 5.91 Å². The van der Waals surface area contributed by atoms with Gasteiger partial charge in [-0.3, -0.25) is 4.79 Å². The van der Waals surface area contributed by atoms with Crippen LogP contribution in [0, 0.1) is 6.92 Å². The topological polar surface area (TPSA) is 57.3 Å². The first-order valence-electron chi connectivity index (χ1n) is 9.27. The number of nitrogens with zero attached hydrogens (tertiary/aromatic N) is 2. The highest BCUT2D eigenvalue weighted by Crippen LogP contribution is 2.20. The van der Waals surface area contributed by atoms with Crippen molar-refractivity contribution in [3.8, 4) is 0 Å². The van der Waals surface area contributed by atoms with Crippen molar-refractivity contribution in [2.24, 2.45) is 0 Å². The van der Waals surface area contributed by atoms with Gasteiger partial charge < -0.3 is 15.5 Å². The minimum Gasteiger partial charge on any atom is -0.370 e. The fraction of sp³-hybridized carbons (Fsp3) is 0.429. The Morgan fingerprint density at radius 2 is 2.12 bits per heavy atom. The predicted molar refractivity (Wildman–Crippen MR) is 107 cm³/mol. The molecule has 0 unspecified atom stereocenters. The lowest BCUT2D eigenvalue weighted by molar-refractivity contribution is -0.116. The Labute approximate surface area is 155 Å². The molecule has 1 aliphatic heterocycles. The largest absolute Gasteiger partial charge is 0.370 e. The van der Waals surface area contributed by atoms with Gasteiger partial charge in [-0.2, -0.15) is 0 Å². The lowest BCUT2D eigenvalue weighted by atomic mass is 10.1. The normalized spacial score (nSPS) is 13.2. The molecule has 1 aromatic carbocycles. The molecule has 26 heavy (non-hydrogen) atoms. The molecule has 0 fully saturated rings. The Hall–Kier alpha value is -2.40. The summed E-state index contributed by atoms with van der Waals surface area (Å²) in [4.78, 5) is 19.1. The molecule has 5 nitrogen and oxygen atoms in total. The molecule has 0 spiro atoms. The van der Waals surface area contributed by atoms with E-state index < -0.39 is 0 Å². The van der Waals surface area contributed by atoms with Gasteiger partial charge in [0.2, 0.25) is 5.91 Å². The van der Waals surface area contributed by atoms with E-state index in [1.807, 2.05) is 32.3 Å². The number of aromatic nitrogens is 1. The lowest BCUT2D eigenvalue weighted by Gasteiger charge is -2.17. The molecule has 138 valence electrons. The van der Waals surface area contributed by atoms with Crippen LogP contribution in [0.5, 0.6) is 0 Å². The van der Waals surface area contributed by atoms with Gasteiger partial charge in [-0.25, -0.2) is 4.98 Å². The van der Waals surface area contributed by atoms with Crippen LogP contribution in [0.3, 0.4) is 0 Å². The highest BCUT2D eigenvalue weighted by molar-refractivity contribution is 5.91. The van der Waals surface area contributed by atoms with E-state index in [2.05, 4.69) is 39.6 Å². The summed E-state index contributed by atoms with van der Waals surface area (Å²) in [5, 5.41) is 6.37. The molecule has 2 heterocycles. The fourth-order valence-electron chi connectivity index (χ4n) is 3.36. The molecule has 0 radical (unpaired) electrons. The van der Waals surface area contributed by atoms with Crippen molar-refractivity contribution in [2.75, 3.05) is 31.3 Å². The predicted octanol–water partition coefficient (Wildman–Crippen LogP) is 3.38. The van der Waals surface area contributed by atoms with Gasteiger partial charge >= 0.3 is 0 Å². The molecular formula is C21H28N4O. The molecule has 5 heteroatoms. The molecule has 1 aromatic heterocycles. The van der Waals surface area contributed by atoms with Gasteiger partial charge in [0.15, 0.2) is 0 Å². The summed E-state index contributed by atoms with van der Waals surface area (Å²) >= 11 is 0. The van der Waals surface area contributed by atoms with Crippen LogP contribution in [-0.4, -0.2) is 36.4 Å². The van der Waals surface area contributed by atoms with Crippen molar-refractivity contribution in [3.63, 3.8) is 0 Å². The van der Waals surface area contributed by atoms with Crippen molar-refractivity contribution in [1.29, 1.82) is 0 Å². The zero-order valence-corrected chi connectivity index (χ0v) is 15.9. The van der Waals surface area contributed by atoms with E-state index in [0.717, 1.165) is 48.7 Å². The van der Waals surface area contributed by atoms with Crippen molar-refractivity contribution in [1.82, 2.24) is 9.88 Å². The number of anilines is 2. The maximum absolute atomic E-state index is 12.4. The second kappa shape index (κ2) is 8.32. The highest BCUT2D eigenvalue weighted by atomic mass is 16.1. The number of pyridine rings is 1. The summed E-state index contributed by atoms with van der Waals surface area (Å²) < 4.78 is 0. The second-order valence-electron chi connectivity index (χ2n) is 7.33. The first kappa shape index (κ1) is 18.4. The lowest BCUT2D eigenvalue weighted by Crippen LogP contribution is -2.16. The summed E-state index contributed by atoms with van der Waals surface area (Å²) in [6.07, 6.45) is 3.32. The Morgan fingerprint density at radius 3 is 2.92 bits per heavy atom. The zero-order chi connectivity index (χ0) is 18.5. The van der Waals surface area contributed by atoms with E-state index in [1.54, 1.807) is 0 Å². The summed E-state index contributed by atoms with van der Waals surface area (Å²) in [5.41, 5.74) is 5.46. The van der Waals surface area contributed by atoms with Crippen LogP contribution in [0.15, 0.2) is 30.3 Å². The van der Waals surface area contributed by atoms with Crippen LogP contribution in [0.4, 0.5) is 11.5 Å².